The highest BCUT2D eigenvalue weighted by atomic mass is 16.4. The Labute approximate surface area is 158 Å². The van der Waals surface area contributed by atoms with Crippen LogP contribution in [0.5, 0.6) is 0 Å². The van der Waals surface area contributed by atoms with Gasteiger partial charge in [0.1, 0.15) is 12.1 Å². The number of nitrogens with zero attached hydrogens (tertiary/aromatic N) is 2. The molecule has 1 aromatic carbocycles. The molecular formula is C18H24BN3O5. The van der Waals surface area contributed by atoms with E-state index in [0.717, 1.165) is 18.4 Å². The molecule has 2 fully saturated rings. The standard InChI is InChI=1S/C18H24BN3O5/c23-12-21-9-1-4-16(21)18(25)22-10-2-3-15(22)17(24)20-11-13-5-7-14(8-6-13)19(26)27/h5-8,12,15-16,26-27H,1-4,9-11H2,(H,20,24). The van der Waals surface area contributed by atoms with E-state index in [-0.39, 0.29) is 11.8 Å². The third-order valence-corrected chi connectivity index (χ3v) is 5.30. The SMILES string of the molecule is O=CN1CCCC1C(=O)N1CCCC1C(=O)NCc1ccc(B(O)O)cc1. The lowest BCUT2D eigenvalue weighted by Crippen LogP contribution is -2.51. The fourth-order valence-electron chi connectivity index (χ4n) is 3.79. The van der Waals surface area contributed by atoms with Gasteiger partial charge in [-0.05, 0) is 36.7 Å². The van der Waals surface area contributed by atoms with Gasteiger partial charge in [0.2, 0.25) is 18.2 Å². The van der Waals surface area contributed by atoms with Gasteiger partial charge in [-0.1, -0.05) is 24.3 Å². The smallest absolute Gasteiger partial charge is 0.423 e. The van der Waals surface area contributed by atoms with E-state index in [0.29, 0.717) is 44.3 Å². The van der Waals surface area contributed by atoms with Crippen LogP contribution in [0.3, 0.4) is 0 Å². The molecule has 2 saturated heterocycles. The Morgan fingerprint density at radius 1 is 1.11 bits per heavy atom. The lowest BCUT2D eigenvalue weighted by Gasteiger charge is -2.29. The van der Waals surface area contributed by atoms with Crippen LogP contribution in [0.4, 0.5) is 0 Å². The Hall–Kier alpha value is -2.39. The zero-order valence-corrected chi connectivity index (χ0v) is 15.1. The molecule has 0 aromatic heterocycles. The Morgan fingerprint density at radius 2 is 1.78 bits per heavy atom. The van der Waals surface area contributed by atoms with Gasteiger partial charge in [0, 0.05) is 19.6 Å². The molecule has 8 nitrogen and oxygen atoms in total. The van der Waals surface area contributed by atoms with Gasteiger partial charge in [0.15, 0.2) is 0 Å². The number of nitrogens with one attached hydrogen (secondary N) is 1. The first-order valence-electron chi connectivity index (χ1n) is 9.25. The fraction of sp³-hybridized carbons (Fsp3) is 0.500. The van der Waals surface area contributed by atoms with E-state index in [1.165, 1.54) is 4.90 Å². The van der Waals surface area contributed by atoms with Crippen LogP contribution < -0.4 is 10.8 Å². The third kappa shape index (κ3) is 4.31. The average Bonchev–Trinajstić information content (AvgIpc) is 3.35. The number of carbonyl (C=O) groups excluding carboxylic acids is 3. The molecule has 2 aliphatic heterocycles. The van der Waals surface area contributed by atoms with Gasteiger partial charge in [-0.15, -0.1) is 0 Å². The van der Waals surface area contributed by atoms with E-state index in [4.69, 9.17) is 10.0 Å². The van der Waals surface area contributed by atoms with Crippen molar-refractivity contribution in [2.45, 2.75) is 44.3 Å². The van der Waals surface area contributed by atoms with Gasteiger partial charge < -0.3 is 25.2 Å². The molecule has 0 spiro atoms. The molecule has 0 bridgehead atoms. The minimum Gasteiger partial charge on any atom is -0.423 e. The van der Waals surface area contributed by atoms with Crippen molar-refractivity contribution in [2.75, 3.05) is 13.1 Å². The molecule has 2 unspecified atom stereocenters. The molecule has 9 heteroatoms. The number of rotatable bonds is 6. The maximum Gasteiger partial charge on any atom is 0.488 e. The summed E-state index contributed by atoms with van der Waals surface area (Å²) in [5, 5.41) is 21.1. The minimum absolute atomic E-state index is 0.140. The second kappa shape index (κ2) is 8.54. The molecule has 3 N–H and O–H groups in total. The molecular weight excluding hydrogens is 349 g/mol. The first-order valence-corrected chi connectivity index (χ1v) is 9.25. The third-order valence-electron chi connectivity index (χ3n) is 5.30. The highest BCUT2D eigenvalue weighted by Crippen LogP contribution is 2.24. The van der Waals surface area contributed by atoms with Crippen LogP contribution in [0.15, 0.2) is 24.3 Å². The number of benzene rings is 1. The Balaban J connectivity index is 1.58. The van der Waals surface area contributed by atoms with Crippen molar-refractivity contribution < 1.29 is 24.4 Å². The van der Waals surface area contributed by atoms with Crippen molar-refractivity contribution >= 4 is 30.8 Å². The fourth-order valence-corrected chi connectivity index (χ4v) is 3.79. The summed E-state index contributed by atoms with van der Waals surface area (Å²) in [5.41, 5.74) is 1.21. The summed E-state index contributed by atoms with van der Waals surface area (Å²) in [6.45, 7) is 1.41. The second-order valence-corrected chi connectivity index (χ2v) is 7.02. The summed E-state index contributed by atoms with van der Waals surface area (Å²) in [6.07, 6.45) is 3.54. The quantitative estimate of drug-likeness (QED) is 0.420. The highest BCUT2D eigenvalue weighted by Gasteiger charge is 2.40. The van der Waals surface area contributed by atoms with E-state index >= 15 is 0 Å². The van der Waals surface area contributed by atoms with Crippen LogP contribution in [0, 0.1) is 0 Å². The zero-order valence-electron chi connectivity index (χ0n) is 15.1. The second-order valence-electron chi connectivity index (χ2n) is 7.02. The van der Waals surface area contributed by atoms with Gasteiger partial charge >= 0.3 is 7.12 Å². The molecule has 0 saturated carbocycles. The molecule has 3 amide bonds. The normalized spacial score (nSPS) is 22.0. The lowest BCUT2D eigenvalue weighted by molar-refractivity contribution is -0.143. The number of likely N-dealkylation sites (tertiary alicyclic amines) is 2. The number of amides is 3. The van der Waals surface area contributed by atoms with Crippen LogP contribution in [0.2, 0.25) is 0 Å². The highest BCUT2D eigenvalue weighted by molar-refractivity contribution is 6.58. The first-order chi connectivity index (χ1) is 13.0. The molecule has 2 aliphatic rings. The summed E-state index contributed by atoms with van der Waals surface area (Å²) in [5.74, 6) is -0.346. The van der Waals surface area contributed by atoms with Crippen LogP contribution >= 0.6 is 0 Å². The summed E-state index contributed by atoms with van der Waals surface area (Å²) < 4.78 is 0. The maximum atomic E-state index is 12.8. The lowest BCUT2D eigenvalue weighted by atomic mass is 9.80. The van der Waals surface area contributed by atoms with Gasteiger partial charge in [0.25, 0.3) is 0 Å². The minimum atomic E-state index is -1.52. The summed E-state index contributed by atoms with van der Waals surface area (Å²) >= 11 is 0. The topological polar surface area (TPSA) is 110 Å². The molecule has 0 radical (unpaired) electrons. The first kappa shape index (κ1) is 19.4. The van der Waals surface area contributed by atoms with E-state index < -0.39 is 19.2 Å². The Morgan fingerprint density at radius 3 is 2.44 bits per heavy atom. The van der Waals surface area contributed by atoms with E-state index in [1.54, 1.807) is 29.2 Å². The molecule has 2 heterocycles. The van der Waals surface area contributed by atoms with Crippen LogP contribution in [-0.4, -0.2) is 70.4 Å². The Kier molecular flexibility index (Phi) is 6.13. The van der Waals surface area contributed by atoms with Crippen molar-refractivity contribution in [1.82, 2.24) is 15.1 Å². The largest absolute Gasteiger partial charge is 0.488 e. The summed E-state index contributed by atoms with van der Waals surface area (Å²) in [7, 11) is -1.52. The van der Waals surface area contributed by atoms with Crippen LogP contribution in [-0.2, 0) is 20.9 Å². The van der Waals surface area contributed by atoms with Crippen molar-refractivity contribution in [1.29, 1.82) is 0 Å². The molecule has 1 aromatic rings. The predicted octanol–water partition coefficient (Wildman–Crippen LogP) is -1.41. The van der Waals surface area contributed by atoms with Gasteiger partial charge in [-0.3, -0.25) is 14.4 Å². The number of hydrogen-bond donors (Lipinski definition) is 3. The predicted molar refractivity (Wildman–Crippen MR) is 98.6 cm³/mol. The van der Waals surface area contributed by atoms with Crippen molar-refractivity contribution in [3.05, 3.63) is 29.8 Å². The van der Waals surface area contributed by atoms with Crippen LogP contribution in [0.25, 0.3) is 0 Å². The van der Waals surface area contributed by atoms with Crippen molar-refractivity contribution in [3.8, 4) is 0 Å². The van der Waals surface area contributed by atoms with Crippen molar-refractivity contribution in [3.63, 3.8) is 0 Å². The molecule has 2 atom stereocenters. The van der Waals surface area contributed by atoms with E-state index in [1.807, 2.05) is 0 Å². The average molecular weight is 373 g/mol. The van der Waals surface area contributed by atoms with E-state index in [2.05, 4.69) is 5.32 Å². The Bertz CT molecular complexity index is 697. The van der Waals surface area contributed by atoms with Gasteiger partial charge in [0.05, 0.1) is 0 Å². The van der Waals surface area contributed by atoms with Crippen LogP contribution in [0.1, 0.15) is 31.2 Å². The number of carbonyl (C=O) groups is 3. The zero-order chi connectivity index (χ0) is 19.4. The summed E-state index contributed by atoms with van der Waals surface area (Å²) in [6, 6.07) is 5.65. The maximum absolute atomic E-state index is 12.8. The molecule has 144 valence electrons. The molecule has 3 rings (SSSR count). The van der Waals surface area contributed by atoms with Gasteiger partial charge in [-0.2, -0.15) is 0 Å². The molecule has 27 heavy (non-hydrogen) atoms. The number of hydrogen-bond acceptors (Lipinski definition) is 5. The summed E-state index contributed by atoms with van der Waals surface area (Å²) in [4.78, 5) is 39.7. The molecule has 0 aliphatic carbocycles. The van der Waals surface area contributed by atoms with Gasteiger partial charge in [-0.25, -0.2) is 0 Å². The van der Waals surface area contributed by atoms with E-state index in [9.17, 15) is 14.4 Å². The van der Waals surface area contributed by atoms with Crippen molar-refractivity contribution in [2.24, 2.45) is 0 Å². The monoisotopic (exact) mass is 373 g/mol.